The number of nitrogens with zero attached hydrogens (tertiary/aromatic N) is 2. The van der Waals surface area contributed by atoms with Gasteiger partial charge >= 0.3 is 11.9 Å². The number of H-pyrrole nitrogens is 2. The quantitative estimate of drug-likeness (QED) is 0.289. The minimum Gasteiger partial charge on any atom is -0.389 e. The normalized spacial score (nSPS) is 18.6. The molecule has 40 heavy (non-hydrogen) atoms. The first kappa shape index (κ1) is 26.0. The van der Waals surface area contributed by atoms with Gasteiger partial charge in [0.05, 0.1) is 29.1 Å². The number of rotatable bonds is 3. The van der Waals surface area contributed by atoms with Crippen molar-refractivity contribution in [1.29, 1.82) is 0 Å². The highest BCUT2D eigenvalue weighted by atomic mass is 16.6. The van der Waals surface area contributed by atoms with Crippen LogP contribution in [-0.4, -0.2) is 31.9 Å². The Morgan fingerprint density at radius 3 is 2.48 bits per heavy atom. The van der Waals surface area contributed by atoms with Crippen molar-refractivity contribution >= 4 is 51.2 Å². The maximum atomic E-state index is 13.1. The molecule has 0 fully saturated rings. The largest absolute Gasteiger partial charge is 0.389 e. The first-order valence-electron chi connectivity index (χ1n) is 13.7. The SMILES string of the molecule is [CH]C[C@@H]1c2nc(cc3[nH]c(cc4[nH]c(cc5nc6c2CC(=O)OC(=O)C6=C5C)c(CC)c4C)c(C=C)c3C)[C@H]1C. The third kappa shape index (κ3) is 3.79. The fourth-order valence-corrected chi connectivity index (χ4v) is 6.35. The summed E-state index contributed by atoms with van der Waals surface area (Å²) in [6.07, 6.45) is 2.93. The minimum atomic E-state index is -0.678. The van der Waals surface area contributed by atoms with Gasteiger partial charge in [0.15, 0.2) is 0 Å². The van der Waals surface area contributed by atoms with E-state index < -0.39 is 11.9 Å². The Hall–Kier alpha value is -4.26. The van der Waals surface area contributed by atoms with Crippen molar-refractivity contribution in [2.75, 3.05) is 0 Å². The number of nitrogens with one attached hydrogen (secondary N) is 2. The number of carbonyl (C=O) groups excluding carboxylic acids is 2. The van der Waals surface area contributed by atoms with Crippen LogP contribution in [0.1, 0.15) is 89.6 Å². The number of hydrogen-bond donors (Lipinski definition) is 2. The highest BCUT2D eigenvalue weighted by Gasteiger charge is 2.37. The Morgan fingerprint density at radius 1 is 1.05 bits per heavy atom. The zero-order valence-electron chi connectivity index (χ0n) is 23.5. The van der Waals surface area contributed by atoms with E-state index in [2.05, 4.69) is 56.4 Å². The number of allylic oxidation sites excluding steroid dienone is 1. The van der Waals surface area contributed by atoms with Gasteiger partial charge in [-0.1, -0.05) is 26.5 Å². The summed E-state index contributed by atoms with van der Waals surface area (Å²) >= 11 is 0. The van der Waals surface area contributed by atoms with E-state index in [0.717, 1.165) is 50.9 Å². The monoisotopic (exact) mass is 532 g/mol. The van der Waals surface area contributed by atoms with E-state index in [-0.39, 0.29) is 18.3 Å². The predicted molar refractivity (Wildman–Crippen MR) is 157 cm³/mol. The molecule has 8 bridgehead atoms. The molecule has 0 amide bonds. The second kappa shape index (κ2) is 9.44. The zero-order valence-corrected chi connectivity index (χ0v) is 23.5. The Bertz CT molecular complexity index is 1840. The van der Waals surface area contributed by atoms with Crippen molar-refractivity contribution in [2.24, 2.45) is 0 Å². The van der Waals surface area contributed by atoms with Crippen molar-refractivity contribution in [2.45, 2.75) is 65.7 Å². The smallest absolute Gasteiger partial charge is 0.348 e. The summed E-state index contributed by atoms with van der Waals surface area (Å²) in [4.78, 5) is 43.1. The number of esters is 2. The lowest BCUT2D eigenvalue weighted by Crippen LogP contribution is -2.12. The topological polar surface area (TPSA) is 101 Å². The van der Waals surface area contributed by atoms with Crippen LogP contribution in [0, 0.1) is 20.8 Å². The highest BCUT2D eigenvalue weighted by molar-refractivity contribution is 6.28. The third-order valence-corrected chi connectivity index (χ3v) is 8.72. The van der Waals surface area contributed by atoms with Gasteiger partial charge < -0.3 is 14.7 Å². The molecule has 202 valence electrons. The molecule has 7 heteroatoms. The van der Waals surface area contributed by atoms with Gasteiger partial charge in [0, 0.05) is 50.7 Å². The summed E-state index contributed by atoms with van der Waals surface area (Å²) in [5.74, 6) is -1.45. The average Bonchev–Trinajstić information content (AvgIpc) is 3.57. The molecule has 0 aromatic carbocycles. The van der Waals surface area contributed by atoms with Gasteiger partial charge in [-0.15, -0.1) is 0 Å². The molecule has 0 saturated carbocycles. The number of ether oxygens (including phenoxy) is 1. The summed E-state index contributed by atoms with van der Waals surface area (Å²) < 4.78 is 5.22. The molecule has 6 rings (SSSR count). The zero-order chi connectivity index (χ0) is 28.5. The molecule has 2 atom stereocenters. The van der Waals surface area contributed by atoms with E-state index in [9.17, 15) is 9.59 Å². The van der Waals surface area contributed by atoms with Crippen molar-refractivity contribution in [3.8, 4) is 0 Å². The van der Waals surface area contributed by atoms with Crippen LogP contribution in [0.3, 0.4) is 0 Å². The van der Waals surface area contributed by atoms with Gasteiger partial charge in [-0.25, -0.2) is 9.78 Å². The number of aromatic nitrogens is 4. The van der Waals surface area contributed by atoms with Gasteiger partial charge in [-0.05, 0) is 81.0 Å². The fourth-order valence-electron chi connectivity index (χ4n) is 6.35. The molecule has 3 aliphatic heterocycles. The van der Waals surface area contributed by atoms with Crippen LogP contribution in [0.4, 0.5) is 0 Å². The lowest BCUT2D eigenvalue weighted by Gasteiger charge is -2.15. The fraction of sp³-hybridized carbons (Fsp3) is 0.303. The van der Waals surface area contributed by atoms with Crippen molar-refractivity contribution in [1.82, 2.24) is 19.9 Å². The number of carbonyl (C=O) groups is 2. The highest BCUT2D eigenvalue weighted by Crippen LogP contribution is 2.43. The van der Waals surface area contributed by atoms with E-state index in [1.54, 1.807) is 0 Å². The molecular weight excluding hydrogens is 500 g/mol. The lowest BCUT2D eigenvalue weighted by atomic mass is 9.86. The van der Waals surface area contributed by atoms with E-state index in [1.165, 1.54) is 5.56 Å². The van der Waals surface area contributed by atoms with Crippen LogP contribution in [0.2, 0.25) is 0 Å². The van der Waals surface area contributed by atoms with E-state index >= 15 is 0 Å². The van der Waals surface area contributed by atoms with Gasteiger partial charge in [-0.3, -0.25) is 9.78 Å². The number of aromatic amines is 2. The molecule has 2 N–H and O–H groups in total. The van der Waals surface area contributed by atoms with E-state index in [1.807, 2.05) is 19.1 Å². The van der Waals surface area contributed by atoms with Gasteiger partial charge in [-0.2, -0.15) is 0 Å². The van der Waals surface area contributed by atoms with Gasteiger partial charge in [0.1, 0.15) is 0 Å². The first-order valence-corrected chi connectivity index (χ1v) is 13.7. The molecule has 0 spiro atoms. The van der Waals surface area contributed by atoms with Crippen LogP contribution in [0.25, 0.3) is 39.3 Å². The maximum Gasteiger partial charge on any atom is 0.348 e. The predicted octanol–water partition coefficient (Wildman–Crippen LogP) is 6.68. The van der Waals surface area contributed by atoms with Crippen LogP contribution < -0.4 is 0 Å². The molecule has 3 aliphatic rings. The second-order valence-corrected chi connectivity index (χ2v) is 10.9. The van der Waals surface area contributed by atoms with Gasteiger partial charge in [0.2, 0.25) is 0 Å². The Balaban J connectivity index is 1.86. The van der Waals surface area contributed by atoms with E-state index in [4.69, 9.17) is 21.6 Å². The molecule has 2 radical (unpaired) electrons. The summed E-state index contributed by atoms with van der Waals surface area (Å²) in [6.45, 7) is 20.6. The van der Waals surface area contributed by atoms with Crippen molar-refractivity contribution in [3.05, 3.63) is 82.3 Å². The number of cyclic esters (lactones) is 2. The number of hydrogen-bond acceptors (Lipinski definition) is 5. The Labute approximate surface area is 233 Å². The maximum absolute atomic E-state index is 13.1. The third-order valence-electron chi connectivity index (χ3n) is 8.72. The first-order chi connectivity index (χ1) is 19.2. The standard InChI is InChI=1S/C33H32N4O3/c1-8-19-15(4)23-12-25-17(6)21(10-3)31(36-25)22-11-29(38)40-33(39)30-18(7)26(37-32(22)30)14-28-20(9-2)16(5)24(35-28)13-27(19)34-23/h3,8,12-14,17,21,34-35H,1,9-11H2,2,4-7H3/t17-,21-/m0/s1. The van der Waals surface area contributed by atoms with Crippen LogP contribution in [-0.2, 0) is 27.2 Å². The lowest BCUT2D eigenvalue weighted by molar-refractivity contribution is -0.154. The second-order valence-electron chi connectivity index (χ2n) is 10.9. The molecule has 3 aromatic rings. The van der Waals surface area contributed by atoms with Crippen LogP contribution in [0.5, 0.6) is 0 Å². The number of aryl methyl sites for hydroxylation is 3. The molecule has 0 aliphatic carbocycles. The van der Waals surface area contributed by atoms with Crippen LogP contribution in [0.15, 0.2) is 24.8 Å². The Kier molecular flexibility index (Phi) is 6.13. The summed E-state index contributed by atoms with van der Waals surface area (Å²) in [7, 11) is 0. The van der Waals surface area contributed by atoms with Crippen molar-refractivity contribution in [3.63, 3.8) is 0 Å². The van der Waals surface area contributed by atoms with Crippen molar-refractivity contribution < 1.29 is 14.3 Å². The molecule has 6 heterocycles. The van der Waals surface area contributed by atoms with Crippen LogP contribution >= 0.6 is 0 Å². The average molecular weight is 533 g/mol. The molecule has 0 saturated heterocycles. The van der Waals surface area contributed by atoms with E-state index in [0.29, 0.717) is 40.2 Å². The van der Waals surface area contributed by atoms with Gasteiger partial charge in [0.25, 0.3) is 0 Å². The summed E-state index contributed by atoms with van der Waals surface area (Å²) in [5.41, 5.74) is 12.5. The molecule has 3 aromatic heterocycles. The summed E-state index contributed by atoms with van der Waals surface area (Å²) in [5, 5.41) is 0. The Morgan fingerprint density at radius 2 is 1.77 bits per heavy atom. The minimum absolute atomic E-state index is 0.00842. The molecular formula is C33H32N4O3. The summed E-state index contributed by atoms with van der Waals surface area (Å²) in [6, 6.07) is 6.16. The molecule has 7 nitrogen and oxygen atoms in total. The number of fused-ring (bicyclic) bond motifs is 8. The molecule has 0 unspecified atom stereocenters.